The van der Waals surface area contributed by atoms with Crippen LogP contribution in [0.3, 0.4) is 0 Å². The highest BCUT2D eigenvalue weighted by Gasteiger charge is 2.27. The predicted molar refractivity (Wildman–Crippen MR) is 127 cm³/mol. The second-order valence-corrected chi connectivity index (χ2v) is 7.58. The average Bonchev–Trinajstić information content (AvgIpc) is 3.19. The molecule has 1 aliphatic rings. The summed E-state index contributed by atoms with van der Waals surface area (Å²) in [5.41, 5.74) is 1.65. The molecule has 3 aromatic carbocycles. The standard InChI is InChI=1S/C25H19ClN2O6/c1-2-32-23-13-17(8-11-22(23)33-15-16-6-4-3-5-7-16)12-21-25(29)34-24(27-21)19-14-18(28(30)31)9-10-20(19)26/h3-14H,2,15H2,1H3/b21-12-. The summed E-state index contributed by atoms with van der Waals surface area (Å²) in [7, 11) is 0. The molecule has 1 heterocycles. The van der Waals surface area contributed by atoms with Crippen molar-refractivity contribution in [2.24, 2.45) is 4.99 Å². The van der Waals surface area contributed by atoms with Gasteiger partial charge in [0.1, 0.15) is 6.61 Å². The molecule has 3 aromatic rings. The van der Waals surface area contributed by atoms with E-state index in [1.54, 1.807) is 18.2 Å². The molecule has 34 heavy (non-hydrogen) atoms. The molecule has 0 bridgehead atoms. The molecule has 0 amide bonds. The first-order chi connectivity index (χ1) is 16.4. The number of esters is 1. The molecule has 1 aliphatic heterocycles. The van der Waals surface area contributed by atoms with E-state index >= 15 is 0 Å². The van der Waals surface area contributed by atoms with Crippen LogP contribution in [0.25, 0.3) is 6.08 Å². The number of nitro benzene ring substituents is 1. The number of carbonyl (C=O) groups excluding carboxylic acids is 1. The minimum atomic E-state index is -0.695. The van der Waals surface area contributed by atoms with E-state index in [1.807, 2.05) is 37.3 Å². The van der Waals surface area contributed by atoms with Gasteiger partial charge in [-0.1, -0.05) is 48.0 Å². The van der Waals surface area contributed by atoms with Crippen LogP contribution >= 0.6 is 11.6 Å². The van der Waals surface area contributed by atoms with Crippen molar-refractivity contribution in [2.75, 3.05) is 6.61 Å². The Kier molecular flexibility index (Phi) is 6.89. The number of nitrogens with zero attached hydrogens (tertiary/aromatic N) is 2. The Morgan fingerprint density at radius 3 is 2.59 bits per heavy atom. The van der Waals surface area contributed by atoms with E-state index < -0.39 is 10.9 Å². The first-order valence-corrected chi connectivity index (χ1v) is 10.7. The van der Waals surface area contributed by atoms with E-state index in [9.17, 15) is 14.9 Å². The summed E-state index contributed by atoms with van der Waals surface area (Å²) in [4.78, 5) is 27.1. The highest BCUT2D eigenvalue weighted by atomic mass is 35.5. The molecule has 0 saturated carbocycles. The van der Waals surface area contributed by atoms with Gasteiger partial charge in [0.15, 0.2) is 17.2 Å². The van der Waals surface area contributed by atoms with Crippen LogP contribution in [0.2, 0.25) is 5.02 Å². The zero-order valence-corrected chi connectivity index (χ0v) is 18.8. The van der Waals surface area contributed by atoms with E-state index in [-0.39, 0.29) is 27.9 Å². The van der Waals surface area contributed by atoms with Crippen LogP contribution in [0, 0.1) is 10.1 Å². The fraction of sp³-hybridized carbons (Fsp3) is 0.120. The summed E-state index contributed by atoms with van der Waals surface area (Å²) in [5, 5.41) is 11.2. The normalized spacial score (nSPS) is 14.0. The number of nitro groups is 1. The predicted octanol–water partition coefficient (Wildman–Crippen LogP) is 5.57. The highest BCUT2D eigenvalue weighted by Crippen LogP contribution is 2.31. The Morgan fingerprint density at radius 1 is 1.06 bits per heavy atom. The van der Waals surface area contributed by atoms with Crippen LogP contribution in [-0.2, 0) is 16.1 Å². The molecule has 0 spiro atoms. The van der Waals surface area contributed by atoms with Crippen molar-refractivity contribution in [1.82, 2.24) is 0 Å². The Balaban J connectivity index is 1.60. The molecule has 0 aliphatic carbocycles. The van der Waals surface area contributed by atoms with Crippen molar-refractivity contribution in [3.8, 4) is 11.5 Å². The summed E-state index contributed by atoms with van der Waals surface area (Å²) in [6.45, 7) is 2.67. The molecule has 0 unspecified atom stereocenters. The van der Waals surface area contributed by atoms with Crippen molar-refractivity contribution in [3.05, 3.63) is 104 Å². The van der Waals surface area contributed by atoms with Crippen LogP contribution < -0.4 is 9.47 Å². The quantitative estimate of drug-likeness (QED) is 0.181. The van der Waals surface area contributed by atoms with Gasteiger partial charge in [-0.15, -0.1) is 0 Å². The summed E-state index contributed by atoms with van der Waals surface area (Å²) in [6, 6.07) is 18.8. The van der Waals surface area contributed by atoms with Crippen molar-refractivity contribution in [1.29, 1.82) is 0 Å². The number of hydrogen-bond acceptors (Lipinski definition) is 7. The van der Waals surface area contributed by atoms with Gasteiger partial charge in [0.2, 0.25) is 5.90 Å². The Morgan fingerprint density at radius 2 is 1.85 bits per heavy atom. The minimum Gasteiger partial charge on any atom is -0.490 e. The van der Waals surface area contributed by atoms with Gasteiger partial charge in [-0.3, -0.25) is 10.1 Å². The topological polar surface area (TPSA) is 100 Å². The molecule has 172 valence electrons. The molecule has 0 radical (unpaired) electrons. The lowest BCUT2D eigenvalue weighted by Crippen LogP contribution is -2.06. The van der Waals surface area contributed by atoms with Crippen molar-refractivity contribution >= 4 is 35.2 Å². The number of rotatable bonds is 8. The SMILES string of the molecule is CCOc1cc(/C=C2\N=C(c3cc([N+](=O)[O-])ccc3Cl)OC2=O)ccc1OCc1ccccc1. The molecule has 8 nitrogen and oxygen atoms in total. The zero-order valence-electron chi connectivity index (χ0n) is 18.1. The van der Waals surface area contributed by atoms with E-state index in [0.29, 0.717) is 30.3 Å². The number of non-ortho nitro benzene ring substituents is 1. The van der Waals surface area contributed by atoms with Crippen LogP contribution in [0.15, 0.2) is 77.4 Å². The van der Waals surface area contributed by atoms with E-state index in [2.05, 4.69) is 4.99 Å². The lowest BCUT2D eigenvalue weighted by atomic mass is 10.1. The summed E-state index contributed by atoms with van der Waals surface area (Å²) >= 11 is 6.14. The third-order valence-corrected chi connectivity index (χ3v) is 5.15. The summed E-state index contributed by atoms with van der Waals surface area (Å²) in [6.07, 6.45) is 1.53. The van der Waals surface area contributed by atoms with Crippen LogP contribution in [0.5, 0.6) is 11.5 Å². The van der Waals surface area contributed by atoms with Gasteiger partial charge in [-0.2, -0.15) is 0 Å². The minimum absolute atomic E-state index is 0.0259. The number of halogens is 1. The zero-order chi connectivity index (χ0) is 24.1. The number of carbonyl (C=O) groups is 1. The highest BCUT2D eigenvalue weighted by molar-refractivity contribution is 6.34. The second-order valence-electron chi connectivity index (χ2n) is 7.17. The van der Waals surface area contributed by atoms with E-state index in [4.69, 9.17) is 25.8 Å². The molecule has 0 saturated heterocycles. The molecule has 4 rings (SSSR count). The monoisotopic (exact) mass is 478 g/mol. The number of benzene rings is 3. The molecular formula is C25H19ClN2O6. The van der Waals surface area contributed by atoms with Gasteiger partial charge in [-0.05, 0) is 42.3 Å². The van der Waals surface area contributed by atoms with E-state index in [1.165, 1.54) is 24.3 Å². The lowest BCUT2D eigenvalue weighted by molar-refractivity contribution is -0.384. The Hall–Kier alpha value is -4.17. The average molecular weight is 479 g/mol. The van der Waals surface area contributed by atoms with Gasteiger partial charge in [0.25, 0.3) is 5.69 Å². The molecule has 0 fully saturated rings. The number of aliphatic imine (C=N–C) groups is 1. The molecule has 0 N–H and O–H groups in total. The number of hydrogen-bond donors (Lipinski definition) is 0. The Bertz CT molecular complexity index is 1300. The van der Waals surface area contributed by atoms with Gasteiger partial charge in [0, 0.05) is 12.1 Å². The number of cyclic esters (lactones) is 1. The largest absolute Gasteiger partial charge is 0.490 e. The maximum absolute atomic E-state index is 12.4. The van der Waals surface area contributed by atoms with Crippen LogP contribution in [0.4, 0.5) is 5.69 Å². The van der Waals surface area contributed by atoms with Crippen molar-refractivity contribution in [2.45, 2.75) is 13.5 Å². The second kappa shape index (κ2) is 10.2. The van der Waals surface area contributed by atoms with Crippen LogP contribution in [0.1, 0.15) is 23.6 Å². The molecular weight excluding hydrogens is 460 g/mol. The van der Waals surface area contributed by atoms with Crippen molar-refractivity contribution in [3.63, 3.8) is 0 Å². The fourth-order valence-electron chi connectivity index (χ4n) is 3.21. The number of ether oxygens (including phenoxy) is 3. The van der Waals surface area contributed by atoms with Gasteiger partial charge >= 0.3 is 5.97 Å². The maximum atomic E-state index is 12.4. The van der Waals surface area contributed by atoms with Crippen molar-refractivity contribution < 1.29 is 23.9 Å². The first kappa shape index (κ1) is 23.0. The fourth-order valence-corrected chi connectivity index (χ4v) is 3.41. The van der Waals surface area contributed by atoms with Gasteiger partial charge in [-0.25, -0.2) is 9.79 Å². The van der Waals surface area contributed by atoms with Crippen LogP contribution in [-0.4, -0.2) is 23.4 Å². The molecule has 9 heteroatoms. The van der Waals surface area contributed by atoms with Gasteiger partial charge in [0.05, 0.1) is 22.1 Å². The van der Waals surface area contributed by atoms with Gasteiger partial charge < -0.3 is 14.2 Å². The summed E-state index contributed by atoms with van der Waals surface area (Å²) in [5.74, 6) is 0.289. The third kappa shape index (κ3) is 5.24. The lowest BCUT2D eigenvalue weighted by Gasteiger charge is -2.12. The molecule has 0 aromatic heterocycles. The third-order valence-electron chi connectivity index (χ3n) is 4.82. The maximum Gasteiger partial charge on any atom is 0.363 e. The summed E-state index contributed by atoms with van der Waals surface area (Å²) < 4.78 is 16.8. The first-order valence-electron chi connectivity index (χ1n) is 10.3. The smallest absolute Gasteiger partial charge is 0.363 e. The molecule has 0 atom stereocenters. The van der Waals surface area contributed by atoms with E-state index in [0.717, 1.165) is 5.56 Å². The Labute approximate surface area is 200 Å².